The van der Waals surface area contributed by atoms with E-state index in [2.05, 4.69) is 15.1 Å². The molecule has 110 valence electrons. The predicted octanol–water partition coefficient (Wildman–Crippen LogP) is 2.32. The molecule has 0 saturated heterocycles. The van der Waals surface area contributed by atoms with Gasteiger partial charge >= 0.3 is 5.97 Å². The molecule has 0 aliphatic heterocycles. The van der Waals surface area contributed by atoms with Gasteiger partial charge in [-0.2, -0.15) is 5.10 Å². The number of hydrogen-bond acceptors (Lipinski definition) is 5. The largest absolute Gasteiger partial charge is 0.458 e. The molecule has 0 saturated carbocycles. The highest BCUT2D eigenvalue weighted by Gasteiger charge is 2.16. The molecule has 6 heteroatoms. The Morgan fingerprint density at radius 2 is 1.95 bits per heavy atom. The van der Waals surface area contributed by atoms with Crippen LogP contribution in [0.15, 0.2) is 24.4 Å². The Bertz CT molecular complexity index is 669. The number of aryl methyl sites for hydroxylation is 3. The maximum atomic E-state index is 12.0. The van der Waals surface area contributed by atoms with Crippen LogP contribution in [0.3, 0.4) is 0 Å². The van der Waals surface area contributed by atoms with Gasteiger partial charge in [-0.1, -0.05) is 12.2 Å². The van der Waals surface area contributed by atoms with E-state index in [1.165, 1.54) is 4.68 Å². The van der Waals surface area contributed by atoms with Crippen molar-refractivity contribution < 1.29 is 9.53 Å². The lowest BCUT2D eigenvalue weighted by molar-refractivity contribution is 0.0548. The first-order valence-corrected chi connectivity index (χ1v) is 6.68. The summed E-state index contributed by atoms with van der Waals surface area (Å²) in [4.78, 5) is 20.6. The Balaban J connectivity index is 2.28. The van der Waals surface area contributed by atoms with E-state index >= 15 is 0 Å². The van der Waals surface area contributed by atoms with Crippen LogP contribution in [0.5, 0.6) is 0 Å². The second-order valence-corrected chi connectivity index (χ2v) is 4.69. The first-order chi connectivity index (χ1) is 10.0. The van der Waals surface area contributed by atoms with E-state index in [-0.39, 0.29) is 6.61 Å². The first-order valence-electron chi connectivity index (χ1n) is 6.68. The van der Waals surface area contributed by atoms with Crippen molar-refractivity contribution in [3.05, 3.63) is 47.1 Å². The summed E-state index contributed by atoms with van der Waals surface area (Å²) in [7, 11) is 0. The monoisotopic (exact) mass is 286 g/mol. The fraction of sp³-hybridized carbons (Fsp3) is 0.333. The minimum absolute atomic E-state index is 0.250. The summed E-state index contributed by atoms with van der Waals surface area (Å²) in [5.74, 6) is 0.0457. The standard InChI is InChI=1S/C15H18N4O2/c1-5-6-7-21-14(20)13-9-19(18-12(13)4)15-16-10(2)8-11(3)17-15/h5-6,8-9H,7H2,1-4H3/b6-5+. The van der Waals surface area contributed by atoms with Crippen molar-refractivity contribution in [2.75, 3.05) is 6.61 Å². The molecule has 0 radical (unpaired) electrons. The molecule has 0 unspecified atom stereocenters. The minimum atomic E-state index is -0.402. The molecule has 0 bridgehead atoms. The summed E-state index contributed by atoms with van der Waals surface area (Å²) in [6.07, 6.45) is 5.19. The van der Waals surface area contributed by atoms with Crippen LogP contribution in [0.4, 0.5) is 0 Å². The molecule has 2 aromatic heterocycles. The molecule has 21 heavy (non-hydrogen) atoms. The van der Waals surface area contributed by atoms with Crippen LogP contribution in [0.1, 0.15) is 34.4 Å². The van der Waals surface area contributed by atoms with E-state index in [4.69, 9.17) is 4.74 Å². The molecular weight excluding hydrogens is 268 g/mol. The summed E-state index contributed by atoms with van der Waals surface area (Å²) in [6, 6.07) is 1.88. The van der Waals surface area contributed by atoms with Crippen molar-refractivity contribution in [1.29, 1.82) is 0 Å². The third-order valence-electron chi connectivity index (χ3n) is 2.84. The third-order valence-corrected chi connectivity index (χ3v) is 2.84. The van der Waals surface area contributed by atoms with Crippen LogP contribution in [0.2, 0.25) is 0 Å². The van der Waals surface area contributed by atoms with Crippen molar-refractivity contribution in [3.63, 3.8) is 0 Å². The van der Waals surface area contributed by atoms with Gasteiger partial charge < -0.3 is 4.74 Å². The molecule has 0 atom stereocenters. The molecule has 0 N–H and O–H groups in total. The van der Waals surface area contributed by atoms with E-state index in [1.54, 1.807) is 19.2 Å². The van der Waals surface area contributed by atoms with Gasteiger partial charge in [0, 0.05) is 17.6 Å². The van der Waals surface area contributed by atoms with E-state index in [9.17, 15) is 4.79 Å². The van der Waals surface area contributed by atoms with Crippen LogP contribution in [0.25, 0.3) is 5.95 Å². The first kappa shape index (κ1) is 14.9. The van der Waals surface area contributed by atoms with Gasteiger partial charge in [0.1, 0.15) is 12.2 Å². The molecule has 2 rings (SSSR count). The van der Waals surface area contributed by atoms with Gasteiger partial charge in [-0.05, 0) is 33.8 Å². The van der Waals surface area contributed by atoms with Crippen LogP contribution in [-0.4, -0.2) is 32.3 Å². The minimum Gasteiger partial charge on any atom is -0.458 e. The molecule has 0 aliphatic rings. The van der Waals surface area contributed by atoms with Gasteiger partial charge in [-0.15, -0.1) is 0 Å². The van der Waals surface area contributed by atoms with Crippen molar-refractivity contribution in [1.82, 2.24) is 19.7 Å². The van der Waals surface area contributed by atoms with Crippen LogP contribution in [-0.2, 0) is 4.74 Å². The topological polar surface area (TPSA) is 69.9 Å². The fourth-order valence-corrected chi connectivity index (χ4v) is 1.87. The second-order valence-electron chi connectivity index (χ2n) is 4.69. The number of carbonyl (C=O) groups excluding carboxylic acids is 1. The van der Waals surface area contributed by atoms with Gasteiger partial charge in [0.15, 0.2) is 0 Å². The molecule has 0 spiro atoms. The number of ether oxygens (including phenoxy) is 1. The molecular formula is C15H18N4O2. The SMILES string of the molecule is C/C=C/COC(=O)c1cn(-c2nc(C)cc(C)n2)nc1C. The van der Waals surface area contributed by atoms with Gasteiger partial charge in [0.25, 0.3) is 5.95 Å². The summed E-state index contributed by atoms with van der Waals surface area (Å²) < 4.78 is 6.63. The van der Waals surface area contributed by atoms with Crippen molar-refractivity contribution in [2.24, 2.45) is 0 Å². The lowest BCUT2D eigenvalue weighted by Gasteiger charge is -2.02. The summed E-state index contributed by atoms with van der Waals surface area (Å²) in [5, 5.41) is 4.29. The molecule has 6 nitrogen and oxygen atoms in total. The highest BCUT2D eigenvalue weighted by atomic mass is 16.5. The number of esters is 1. The second kappa shape index (κ2) is 6.30. The number of nitrogens with zero attached hydrogens (tertiary/aromatic N) is 4. The molecule has 2 heterocycles. The maximum absolute atomic E-state index is 12.0. The van der Waals surface area contributed by atoms with E-state index < -0.39 is 5.97 Å². The van der Waals surface area contributed by atoms with E-state index in [0.717, 1.165) is 11.4 Å². The highest BCUT2D eigenvalue weighted by Crippen LogP contribution is 2.11. The lowest BCUT2D eigenvalue weighted by Crippen LogP contribution is -2.06. The van der Waals surface area contributed by atoms with E-state index in [0.29, 0.717) is 17.2 Å². The normalized spacial score (nSPS) is 11.0. The quantitative estimate of drug-likeness (QED) is 0.637. The number of rotatable bonds is 4. The summed E-state index contributed by atoms with van der Waals surface area (Å²) in [5.41, 5.74) is 2.70. The predicted molar refractivity (Wildman–Crippen MR) is 78.5 cm³/mol. The lowest BCUT2D eigenvalue weighted by atomic mass is 10.3. The Hall–Kier alpha value is -2.50. The third kappa shape index (κ3) is 3.53. The molecule has 0 fully saturated rings. The van der Waals surface area contributed by atoms with Gasteiger partial charge in [-0.25, -0.2) is 19.4 Å². The molecule has 2 aromatic rings. The highest BCUT2D eigenvalue weighted by molar-refractivity contribution is 5.90. The zero-order valence-corrected chi connectivity index (χ0v) is 12.6. The average Bonchev–Trinajstić information content (AvgIpc) is 2.80. The van der Waals surface area contributed by atoms with E-state index in [1.807, 2.05) is 32.9 Å². The van der Waals surface area contributed by atoms with Crippen LogP contribution in [0, 0.1) is 20.8 Å². The number of carbonyl (C=O) groups is 1. The Labute approximate surface area is 123 Å². The maximum Gasteiger partial charge on any atom is 0.341 e. The Kier molecular flexibility index (Phi) is 4.47. The number of hydrogen-bond donors (Lipinski definition) is 0. The summed E-state index contributed by atoms with van der Waals surface area (Å²) >= 11 is 0. The van der Waals surface area contributed by atoms with Crippen LogP contribution < -0.4 is 0 Å². The van der Waals surface area contributed by atoms with Gasteiger partial charge in [0.2, 0.25) is 0 Å². The smallest absolute Gasteiger partial charge is 0.341 e. The number of aromatic nitrogens is 4. The molecule has 0 aliphatic carbocycles. The summed E-state index contributed by atoms with van der Waals surface area (Å²) in [6.45, 7) is 7.65. The van der Waals surface area contributed by atoms with Gasteiger partial charge in [-0.3, -0.25) is 0 Å². The fourth-order valence-electron chi connectivity index (χ4n) is 1.87. The average molecular weight is 286 g/mol. The van der Waals surface area contributed by atoms with Crippen molar-refractivity contribution in [2.45, 2.75) is 27.7 Å². The molecule has 0 aromatic carbocycles. The zero-order chi connectivity index (χ0) is 15.4. The van der Waals surface area contributed by atoms with Gasteiger partial charge in [0.05, 0.1) is 5.69 Å². The Morgan fingerprint density at radius 3 is 2.57 bits per heavy atom. The van der Waals surface area contributed by atoms with Crippen molar-refractivity contribution in [3.8, 4) is 5.95 Å². The number of allylic oxidation sites excluding steroid dienone is 1. The van der Waals surface area contributed by atoms with Crippen molar-refractivity contribution >= 4 is 5.97 Å². The van der Waals surface area contributed by atoms with Crippen LogP contribution >= 0.6 is 0 Å². The Morgan fingerprint density at radius 1 is 1.29 bits per heavy atom. The zero-order valence-electron chi connectivity index (χ0n) is 12.6. The molecule has 0 amide bonds.